The SMILES string of the molecule is CCCCN(Cc1ccn(C(C)C)n1)CC1CCCN1. The molecular formula is C16H30N4. The average molecular weight is 278 g/mol. The van der Waals surface area contributed by atoms with Gasteiger partial charge in [0.15, 0.2) is 0 Å². The Balaban J connectivity index is 1.90. The molecule has 1 aromatic heterocycles. The second-order valence-electron chi connectivity index (χ2n) is 6.26. The highest BCUT2D eigenvalue weighted by molar-refractivity contribution is 4.99. The number of rotatable bonds is 8. The van der Waals surface area contributed by atoms with Crippen LogP contribution >= 0.6 is 0 Å². The lowest BCUT2D eigenvalue weighted by Gasteiger charge is -2.24. The highest BCUT2D eigenvalue weighted by Gasteiger charge is 2.18. The third-order valence-corrected chi connectivity index (χ3v) is 4.05. The first kappa shape index (κ1) is 15.5. The van der Waals surface area contributed by atoms with E-state index in [4.69, 9.17) is 0 Å². The van der Waals surface area contributed by atoms with Gasteiger partial charge >= 0.3 is 0 Å². The molecule has 0 saturated carbocycles. The van der Waals surface area contributed by atoms with Crippen LogP contribution in [0.4, 0.5) is 0 Å². The summed E-state index contributed by atoms with van der Waals surface area (Å²) in [6.45, 7) is 11.1. The minimum absolute atomic E-state index is 0.448. The lowest BCUT2D eigenvalue weighted by molar-refractivity contribution is 0.234. The molecule has 1 aliphatic rings. The van der Waals surface area contributed by atoms with Crippen molar-refractivity contribution in [2.75, 3.05) is 19.6 Å². The van der Waals surface area contributed by atoms with Gasteiger partial charge in [0.05, 0.1) is 5.69 Å². The van der Waals surface area contributed by atoms with Crippen molar-refractivity contribution in [3.8, 4) is 0 Å². The monoisotopic (exact) mass is 278 g/mol. The summed E-state index contributed by atoms with van der Waals surface area (Å²) in [6.07, 6.45) is 7.29. The highest BCUT2D eigenvalue weighted by Crippen LogP contribution is 2.12. The van der Waals surface area contributed by atoms with Crippen LogP contribution in [-0.4, -0.2) is 40.4 Å². The van der Waals surface area contributed by atoms with E-state index < -0.39 is 0 Å². The van der Waals surface area contributed by atoms with Crippen LogP contribution in [0.2, 0.25) is 0 Å². The molecule has 0 spiro atoms. The van der Waals surface area contributed by atoms with Gasteiger partial charge in [-0.05, 0) is 52.3 Å². The Morgan fingerprint density at radius 2 is 2.35 bits per heavy atom. The van der Waals surface area contributed by atoms with Crippen molar-refractivity contribution >= 4 is 0 Å². The van der Waals surface area contributed by atoms with Gasteiger partial charge in [0.25, 0.3) is 0 Å². The molecule has 2 heterocycles. The predicted octanol–water partition coefficient (Wildman–Crippen LogP) is 2.82. The summed E-state index contributed by atoms with van der Waals surface area (Å²) in [5.74, 6) is 0. The van der Waals surface area contributed by atoms with Crippen molar-refractivity contribution in [3.05, 3.63) is 18.0 Å². The van der Waals surface area contributed by atoms with Gasteiger partial charge in [-0.25, -0.2) is 0 Å². The predicted molar refractivity (Wildman–Crippen MR) is 83.8 cm³/mol. The van der Waals surface area contributed by atoms with E-state index in [0.717, 1.165) is 13.1 Å². The molecule has 0 amide bonds. The molecule has 0 aliphatic carbocycles. The molecule has 0 aromatic carbocycles. The molecule has 1 aliphatic heterocycles. The zero-order valence-corrected chi connectivity index (χ0v) is 13.3. The van der Waals surface area contributed by atoms with Gasteiger partial charge in [-0.2, -0.15) is 5.10 Å². The Morgan fingerprint density at radius 1 is 1.50 bits per heavy atom. The second-order valence-corrected chi connectivity index (χ2v) is 6.26. The number of nitrogens with zero attached hydrogens (tertiary/aromatic N) is 3. The summed E-state index contributed by atoms with van der Waals surface area (Å²) < 4.78 is 2.06. The van der Waals surface area contributed by atoms with Gasteiger partial charge in [0.1, 0.15) is 0 Å². The number of hydrogen-bond donors (Lipinski definition) is 1. The van der Waals surface area contributed by atoms with Crippen molar-refractivity contribution in [1.82, 2.24) is 20.0 Å². The fourth-order valence-corrected chi connectivity index (χ4v) is 2.82. The van der Waals surface area contributed by atoms with E-state index in [9.17, 15) is 0 Å². The van der Waals surface area contributed by atoms with Crippen molar-refractivity contribution in [2.45, 2.75) is 65.1 Å². The van der Waals surface area contributed by atoms with E-state index in [2.05, 4.69) is 53.0 Å². The minimum Gasteiger partial charge on any atom is -0.313 e. The average Bonchev–Trinajstić information content (AvgIpc) is 3.07. The van der Waals surface area contributed by atoms with Crippen molar-refractivity contribution in [1.29, 1.82) is 0 Å². The fourth-order valence-electron chi connectivity index (χ4n) is 2.82. The van der Waals surface area contributed by atoms with Crippen LogP contribution in [0.3, 0.4) is 0 Å². The van der Waals surface area contributed by atoms with Gasteiger partial charge in [0.2, 0.25) is 0 Å². The molecule has 20 heavy (non-hydrogen) atoms. The zero-order chi connectivity index (χ0) is 14.4. The van der Waals surface area contributed by atoms with E-state index in [-0.39, 0.29) is 0 Å². The molecule has 1 N–H and O–H groups in total. The smallest absolute Gasteiger partial charge is 0.0764 e. The lowest BCUT2D eigenvalue weighted by Crippen LogP contribution is -2.37. The summed E-state index contributed by atoms with van der Waals surface area (Å²) in [5.41, 5.74) is 1.20. The summed E-state index contributed by atoms with van der Waals surface area (Å²) in [7, 11) is 0. The van der Waals surface area contributed by atoms with Crippen LogP contribution in [0.5, 0.6) is 0 Å². The molecule has 1 fully saturated rings. The first-order valence-electron chi connectivity index (χ1n) is 8.18. The molecule has 114 valence electrons. The number of aromatic nitrogens is 2. The number of unbranched alkanes of at least 4 members (excludes halogenated alkanes) is 1. The van der Waals surface area contributed by atoms with Crippen LogP contribution in [-0.2, 0) is 6.54 Å². The summed E-state index contributed by atoms with van der Waals surface area (Å²) in [6, 6.07) is 3.30. The van der Waals surface area contributed by atoms with E-state index in [1.165, 1.54) is 44.5 Å². The van der Waals surface area contributed by atoms with Crippen LogP contribution in [0.25, 0.3) is 0 Å². The Labute approximate surface area is 123 Å². The van der Waals surface area contributed by atoms with E-state index in [1.54, 1.807) is 0 Å². The normalized spacial score (nSPS) is 19.4. The number of hydrogen-bond acceptors (Lipinski definition) is 3. The van der Waals surface area contributed by atoms with Crippen molar-refractivity contribution in [3.63, 3.8) is 0 Å². The summed E-state index contributed by atoms with van der Waals surface area (Å²) >= 11 is 0. The minimum atomic E-state index is 0.448. The van der Waals surface area contributed by atoms with Gasteiger partial charge in [-0.1, -0.05) is 13.3 Å². The molecule has 0 bridgehead atoms. The molecule has 0 radical (unpaired) electrons. The fraction of sp³-hybridized carbons (Fsp3) is 0.812. The molecular weight excluding hydrogens is 248 g/mol. The third-order valence-electron chi connectivity index (χ3n) is 4.05. The van der Waals surface area contributed by atoms with Crippen molar-refractivity contribution < 1.29 is 0 Å². The molecule has 4 nitrogen and oxygen atoms in total. The number of nitrogens with one attached hydrogen (secondary N) is 1. The Hall–Kier alpha value is -0.870. The largest absolute Gasteiger partial charge is 0.313 e. The molecule has 1 aromatic rings. The van der Waals surface area contributed by atoms with E-state index >= 15 is 0 Å². The quantitative estimate of drug-likeness (QED) is 0.794. The highest BCUT2D eigenvalue weighted by atomic mass is 15.3. The molecule has 4 heteroatoms. The van der Waals surface area contributed by atoms with Gasteiger partial charge < -0.3 is 5.32 Å². The topological polar surface area (TPSA) is 33.1 Å². The van der Waals surface area contributed by atoms with Crippen molar-refractivity contribution in [2.24, 2.45) is 0 Å². The van der Waals surface area contributed by atoms with Gasteiger partial charge in [-0.15, -0.1) is 0 Å². The van der Waals surface area contributed by atoms with Gasteiger partial charge in [0, 0.05) is 31.4 Å². The van der Waals surface area contributed by atoms with E-state index in [0.29, 0.717) is 12.1 Å². The second kappa shape index (κ2) is 7.79. The molecule has 1 atom stereocenters. The van der Waals surface area contributed by atoms with E-state index in [1.807, 2.05) is 0 Å². The maximum atomic E-state index is 4.69. The first-order chi connectivity index (χ1) is 9.69. The maximum absolute atomic E-state index is 4.69. The Morgan fingerprint density at radius 3 is 2.95 bits per heavy atom. The Kier molecular flexibility index (Phi) is 6.05. The standard InChI is InChI=1S/C16H30N4/c1-4-5-10-19(12-15-7-6-9-17-15)13-16-8-11-20(18-16)14(2)3/h8,11,14-15,17H,4-7,9-10,12-13H2,1-3H3. The van der Waals surface area contributed by atoms with Crippen LogP contribution in [0, 0.1) is 0 Å². The molecule has 1 saturated heterocycles. The maximum Gasteiger partial charge on any atom is 0.0764 e. The third kappa shape index (κ3) is 4.60. The van der Waals surface area contributed by atoms with Crippen LogP contribution in [0.15, 0.2) is 12.3 Å². The summed E-state index contributed by atoms with van der Waals surface area (Å²) in [5, 5.41) is 8.29. The van der Waals surface area contributed by atoms with Gasteiger partial charge in [-0.3, -0.25) is 9.58 Å². The van der Waals surface area contributed by atoms with Crippen LogP contribution < -0.4 is 5.32 Å². The van der Waals surface area contributed by atoms with Crippen LogP contribution in [0.1, 0.15) is 58.2 Å². The lowest BCUT2D eigenvalue weighted by atomic mass is 10.2. The summed E-state index contributed by atoms with van der Waals surface area (Å²) in [4.78, 5) is 2.57. The Bertz CT molecular complexity index is 380. The molecule has 2 rings (SSSR count). The zero-order valence-electron chi connectivity index (χ0n) is 13.3. The molecule has 1 unspecified atom stereocenters. The first-order valence-corrected chi connectivity index (χ1v) is 8.18.